The Morgan fingerprint density at radius 1 is 1.26 bits per heavy atom. The number of rotatable bonds is 7. The molecule has 0 aliphatic carbocycles. The Hall–Kier alpha value is -3.04. The van der Waals surface area contributed by atoms with Crippen LogP contribution in [0.25, 0.3) is 0 Å². The molecule has 1 aromatic rings. The van der Waals surface area contributed by atoms with E-state index >= 15 is 0 Å². The quantitative estimate of drug-likeness (QED) is 0.603. The smallest absolute Gasteiger partial charge is 0.315 e. The molecule has 0 aromatic carbocycles. The zero-order chi connectivity index (χ0) is 19.8. The van der Waals surface area contributed by atoms with E-state index in [9.17, 15) is 19.2 Å². The van der Waals surface area contributed by atoms with Gasteiger partial charge in [-0.15, -0.1) is 0 Å². The van der Waals surface area contributed by atoms with Gasteiger partial charge in [0.15, 0.2) is 0 Å². The molecule has 2 rings (SSSR count). The summed E-state index contributed by atoms with van der Waals surface area (Å²) in [6, 6.07) is 2.90. The third-order valence-corrected chi connectivity index (χ3v) is 4.40. The summed E-state index contributed by atoms with van der Waals surface area (Å²) in [6.45, 7) is 0.575. The fraction of sp³-hybridized carbons (Fsp3) is 0.529. The molecule has 4 amide bonds. The van der Waals surface area contributed by atoms with Gasteiger partial charge in [0.05, 0.1) is 31.8 Å². The lowest BCUT2D eigenvalue weighted by atomic mass is 9.97. The summed E-state index contributed by atoms with van der Waals surface area (Å²) in [5.74, 6) is -1.32. The number of furan rings is 1. The number of carbonyl (C=O) groups is 4. The van der Waals surface area contributed by atoms with E-state index in [0.717, 1.165) is 0 Å². The topological polar surface area (TPSA) is 132 Å². The minimum absolute atomic E-state index is 0.119. The van der Waals surface area contributed by atoms with Crippen molar-refractivity contribution in [3.8, 4) is 0 Å². The first kappa shape index (κ1) is 20.3. The number of hydrogen-bond donors (Lipinski definition) is 3. The number of likely N-dealkylation sites (N-methyl/N-ethyl adjacent to an activating group) is 1. The van der Waals surface area contributed by atoms with Crippen LogP contribution in [0, 0.1) is 5.92 Å². The fourth-order valence-corrected chi connectivity index (χ4v) is 2.70. The molecule has 1 aromatic heterocycles. The molecule has 1 saturated heterocycles. The van der Waals surface area contributed by atoms with Crippen molar-refractivity contribution in [3.63, 3.8) is 0 Å². The van der Waals surface area contributed by atoms with Crippen LogP contribution in [0.2, 0.25) is 0 Å². The van der Waals surface area contributed by atoms with Gasteiger partial charge in [-0.25, -0.2) is 4.79 Å². The van der Waals surface area contributed by atoms with E-state index < -0.39 is 23.8 Å². The van der Waals surface area contributed by atoms with Gasteiger partial charge in [-0.2, -0.15) is 0 Å². The number of piperidine rings is 1. The number of carboxylic acids is 1. The second kappa shape index (κ2) is 9.60. The normalized spacial score (nSPS) is 14.5. The first-order valence-corrected chi connectivity index (χ1v) is 8.65. The molecular weight excluding hydrogens is 356 g/mol. The Morgan fingerprint density at radius 2 is 1.96 bits per heavy atom. The van der Waals surface area contributed by atoms with Gasteiger partial charge in [-0.3, -0.25) is 14.4 Å². The first-order valence-electron chi connectivity index (χ1n) is 8.65. The molecule has 0 saturated carbocycles. The number of nitrogens with one attached hydrogen (secondary N) is 2. The van der Waals surface area contributed by atoms with Gasteiger partial charge in [0.25, 0.3) is 0 Å². The van der Waals surface area contributed by atoms with Crippen LogP contribution in [0.3, 0.4) is 0 Å². The largest absolute Gasteiger partial charge is 0.481 e. The summed E-state index contributed by atoms with van der Waals surface area (Å²) in [6.07, 6.45) is 2.32. The van der Waals surface area contributed by atoms with Crippen LogP contribution in [-0.2, 0) is 20.9 Å². The van der Waals surface area contributed by atoms with Gasteiger partial charge in [-0.1, -0.05) is 0 Å². The maximum absolute atomic E-state index is 12.2. The van der Waals surface area contributed by atoms with Crippen LogP contribution in [0.15, 0.2) is 22.8 Å². The second-order valence-electron chi connectivity index (χ2n) is 6.36. The summed E-state index contributed by atoms with van der Waals surface area (Å²) < 4.78 is 5.08. The molecule has 1 fully saturated rings. The number of carboxylic acid groups (broad SMARTS) is 1. The SMILES string of the molecule is CN(CC(=O)N1CCC(C(=O)O)CC1)C(=O)CNC(=O)NCc1ccco1. The second-order valence-corrected chi connectivity index (χ2v) is 6.36. The predicted molar refractivity (Wildman–Crippen MR) is 93.5 cm³/mol. The van der Waals surface area contributed by atoms with Crippen molar-refractivity contribution in [2.75, 3.05) is 33.2 Å². The van der Waals surface area contributed by atoms with E-state index in [0.29, 0.717) is 31.7 Å². The number of amides is 4. The van der Waals surface area contributed by atoms with Gasteiger partial charge in [0, 0.05) is 20.1 Å². The van der Waals surface area contributed by atoms with Crippen molar-refractivity contribution in [3.05, 3.63) is 24.2 Å². The lowest BCUT2D eigenvalue weighted by molar-refractivity contribution is -0.146. The molecule has 10 heteroatoms. The molecule has 0 spiro atoms. The van der Waals surface area contributed by atoms with Gasteiger partial charge in [0.2, 0.25) is 11.8 Å². The molecule has 1 aliphatic heterocycles. The van der Waals surface area contributed by atoms with E-state index in [4.69, 9.17) is 9.52 Å². The lowest BCUT2D eigenvalue weighted by Crippen LogP contribution is -2.48. The fourth-order valence-electron chi connectivity index (χ4n) is 2.70. The lowest BCUT2D eigenvalue weighted by Gasteiger charge is -2.31. The van der Waals surface area contributed by atoms with Gasteiger partial charge in [-0.05, 0) is 25.0 Å². The van der Waals surface area contributed by atoms with Crippen LogP contribution in [-0.4, -0.2) is 71.9 Å². The summed E-state index contributed by atoms with van der Waals surface area (Å²) in [7, 11) is 1.48. The Morgan fingerprint density at radius 3 is 2.56 bits per heavy atom. The highest BCUT2D eigenvalue weighted by Crippen LogP contribution is 2.17. The first-order chi connectivity index (χ1) is 12.9. The van der Waals surface area contributed by atoms with Gasteiger partial charge >= 0.3 is 12.0 Å². The van der Waals surface area contributed by atoms with E-state index in [1.54, 1.807) is 17.0 Å². The minimum Gasteiger partial charge on any atom is -0.481 e. The molecule has 27 heavy (non-hydrogen) atoms. The highest BCUT2D eigenvalue weighted by molar-refractivity contribution is 5.88. The maximum atomic E-state index is 12.2. The molecule has 0 bridgehead atoms. The summed E-state index contributed by atoms with van der Waals surface area (Å²) in [5, 5.41) is 13.9. The van der Waals surface area contributed by atoms with Gasteiger partial charge < -0.3 is 30.0 Å². The molecule has 0 unspecified atom stereocenters. The number of urea groups is 1. The van der Waals surface area contributed by atoms with Crippen LogP contribution < -0.4 is 10.6 Å². The Bertz CT molecular complexity index is 667. The van der Waals surface area contributed by atoms with Crippen LogP contribution in [0.1, 0.15) is 18.6 Å². The average Bonchev–Trinajstić information content (AvgIpc) is 3.17. The number of hydrogen-bond acceptors (Lipinski definition) is 5. The molecule has 3 N–H and O–H groups in total. The molecule has 10 nitrogen and oxygen atoms in total. The monoisotopic (exact) mass is 380 g/mol. The van der Waals surface area contributed by atoms with Gasteiger partial charge in [0.1, 0.15) is 5.76 Å². The Balaban J connectivity index is 1.66. The zero-order valence-electron chi connectivity index (χ0n) is 15.1. The van der Waals surface area contributed by atoms with E-state index in [1.165, 1.54) is 18.2 Å². The van der Waals surface area contributed by atoms with Crippen molar-refractivity contribution in [2.45, 2.75) is 19.4 Å². The van der Waals surface area contributed by atoms with Crippen LogP contribution in [0.5, 0.6) is 0 Å². The number of nitrogens with zero attached hydrogens (tertiary/aromatic N) is 2. The third kappa shape index (κ3) is 6.32. The van der Waals surface area contributed by atoms with E-state index in [1.807, 2.05) is 0 Å². The van der Waals surface area contributed by atoms with E-state index in [-0.39, 0.29) is 25.5 Å². The Kier molecular flexibility index (Phi) is 7.21. The molecule has 0 radical (unpaired) electrons. The maximum Gasteiger partial charge on any atom is 0.315 e. The number of likely N-dealkylation sites (tertiary alicyclic amines) is 1. The summed E-state index contributed by atoms with van der Waals surface area (Å²) in [5.41, 5.74) is 0. The highest BCUT2D eigenvalue weighted by atomic mass is 16.4. The van der Waals surface area contributed by atoms with Crippen molar-refractivity contribution < 1.29 is 28.7 Å². The van der Waals surface area contributed by atoms with Crippen molar-refractivity contribution >= 4 is 23.8 Å². The summed E-state index contributed by atoms with van der Waals surface area (Å²) in [4.78, 5) is 49.7. The standard InChI is InChI=1S/C17H24N4O6/c1-20(11-15(23)21-6-4-12(5-7-21)16(24)25)14(22)10-19-17(26)18-9-13-3-2-8-27-13/h2-3,8,12H,4-7,9-11H2,1H3,(H,24,25)(H2,18,19,26). The van der Waals surface area contributed by atoms with Crippen molar-refractivity contribution in [2.24, 2.45) is 5.92 Å². The Labute approximate surface area is 156 Å². The highest BCUT2D eigenvalue weighted by Gasteiger charge is 2.27. The van der Waals surface area contributed by atoms with Crippen LogP contribution >= 0.6 is 0 Å². The summed E-state index contributed by atoms with van der Waals surface area (Å²) >= 11 is 0. The average molecular weight is 380 g/mol. The molecule has 0 atom stereocenters. The van der Waals surface area contributed by atoms with Crippen LogP contribution in [0.4, 0.5) is 4.79 Å². The molecule has 2 heterocycles. The van der Waals surface area contributed by atoms with Crippen molar-refractivity contribution in [1.82, 2.24) is 20.4 Å². The number of aliphatic carboxylic acids is 1. The van der Waals surface area contributed by atoms with E-state index in [2.05, 4.69) is 10.6 Å². The molecular formula is C17H24N4O6. The number of carbonyl (C=O) groups excluding carboxylic acids is 3. The minimum atomic E-state index is -0.842. The zero-order valence-corrected chi connectivity index (χ0v) is 15.1. The molecule has 148 valence electrons. The predicted octanol–water partition coefficient (Wildman–Crippen LogP) is -0.140. The third-order valence-electron chi connectivity index (χ3n) is 4.40. The van der Waals surface area contributed by atoms with Crippen molar-refractivity contribution in [1.29, 1.82) is 0 Å². The molecule has 1 aliphatic rings.